The van der Waals surface area contributed by atoms with Gasteiger partial charge in [0.1, 0.15) is 76.7 Å². The quantitative estimate of drug-likeness (QED) is 0.0348. The largest absolute Gasteiger partial charge is 0.394 e. The summed E-state index contributed by atoms with van der Waals surface area (Å²) in [5.41, 5.74) is -2.07. The van der Waals surface area contributed by atoms with Crippen molar-refractivity contribution in [2.45, 2.75) is 379 Å². The van der Waals surface area contributed by atoms with Gasteiger partial charge in [-0.15, -0.1) is 47.0 Å². The molecular weight excluding hydrogens is 1680 g/mol. The van der Waals surface area contributed by atoms with Crippen molar-refractivity contribution in [1.82, 2.24) is 52.3 Å². The molecule has 0 aromatic rings. The van der Waals surface area contributed by atoms with Crippen molar-refractivity contribution < 1.29 is 113 Å². The zero-order chi connectivity index (χ0) is 90.8. The molecule has 33 nitrogen and oxygen atoms in total. The molecule has 4 aliphatic rings. The van der Waals surface area contributed by atoms with Gasteiger partial charge in [-0.25, -0.2) is 0 Å². The number of thioether (sulfide) groups is 4. The molecule has 4 fully saturated rings. The molecule has 124 heavy (non-hydrogen) atoms. The van der Waals surface area contributed by atoms with E-state index in [1.807, 2.05) is 9.80 Å². The third-order valence-electron chi connectivity index (χ3n) is 22.7. The van der Waals surface area contributed by atoms with Crippen LogP contribution in [0.1, 0.15) is 279 Å². The summed E-state index contributed by atoms with van der Waals surface area (Å²) in [5.74, 6) is 2.18. The number of aliphatic hydroxyl groups excluding tert-OH is 9. The van der Waals surface area contributed by atoms with E-state index in [1.165, 1.54) is 74.7 Å². The number of hydrogen-bond donors (Lipinski definition) is 17. The van der Waals surface area contributed by atoms with Gasteiger partial charge in [0, 0.05) is 119 Å². The highest BCUT2D eigenvalue weighted by Crippen LogP contribution is 2.32. The van der Waals surface area contributed by atoms with Gasteiger partial charge in [0.2, 0.25) is 59.1 Å². The monoisotopic (exact) mass is 1840 g/mol. The number of nitrogens with zero attached hydrogens (tertiary/aromatic N) is 2. The van der Waals surface area contributed by atoms with Crippen LogP contribution in [0.3, 0.4) is 0 Å². The van der Waals surface area contributed by atoms with Gasteiger partial charge >= 0.3 is 0 Å². The van der Waals surface area contributed by atoms with Crippen LogP contribution in [0.25, 0.3) is 0 Å². The molecule has 0 saturated carbocycles. The standard InChI is InChI=1S/C87H158N10O23S4/c1-60(36-16-6-22-42-73(110)96(48-28-8-18-38-69(106)88-44-24-12-32-52-121-84-75(92-61(2)99)79(112)65(103)57-117-84)49-29-9-19-39-70(107)89-45-25-13-33-53-122-85-76(93-62(3)100)80(113)66(104)58-118-85)37-17-7-23-43-74(111)97(50-30-10-20-40-71(108)90-46-26-14-34-54-123-86-77(94-63(4)101)81(114)67(105)59-119-86)51-31-11-21-41-72(109)91-47-27-15-35-55-124-87-78(95-64(5)102)83(116)82(115)68(56-98)120-87/h60,65-68,75-87,98,103-105,112-116H,6-59H2,1-5H3,(H,88,106)(H,89,107)(H,90,108)(H,91,109)(H,92,99)(H,93,100)(H,94,101)(H,95,102)/t60?,65-,66-,67-,68?,75?,76?,77?,78?,79-,80-,81-,82-,83+,84-,85-,86-,87-/m0/s1. The Hall–Kier alpha value is -4.42. The van der Waals surface area contributed by atoms with Crippen LogP contribution < -0.4 is 42.5 Å². The minimum atomic E-state index is -1.34. The number of carbonyl (C=O) groups is 10. The minimum Gasteiger partial charge on any atom is -0.394 e. The van der Waals surface area contributed by atoms with Crippen molar-refractivity contribution in [1.29, 1.82) is 0 Å². The number of aliphatic hydroxyl groups is 9. The summed E-state index contributed by atoms with van der Waals surface area (Å²) in [6.45, 7) is 11.7. The number of amides is 10. The highest BCUT2D eigenvalue weighted by molar-refractivity contribution is 8.00. The summed E-state index contributed by atoms with van der Waals surface area (Å²) in [4.78, 5) is 130. The molecule has 10 amide bonds. The van der Waals surface area contributed by atoms with Crippen molar-refractivity contribution in [2.24, 2.45) is 5.92 Å². The lowest BCUT2D eigenvalue weighted by atomic mass is 9.96. The average Bonchev–Trinajstić information content (AvgIpc) is 0.804. The van der Waals surface area contributed by atoms with Gasteiger partial charge in [-0.1, -0.05) is 96.8 Å². The molecule has 4 heterocycles. The van der Waals surface area contributed by atoms with E-state index >= 15 is 0 Å². The molecule has 0 aliphatic carbocycles. The summed E-state index contributed by atoms with van der Waals surface area (Å²) in [6.07, 6.45) is 18.7. The Morgan fingerprint density at radius 1 is 0.323 bits per heavy atom. The second kappa shape index (κ2) is 67.7. The SMILES string of the molecule is CC(=O)NC1[C@@H](O)[C@@H](O)CO[C@H]1SCCCCCNC(=O)CCCCCN(CCCCCC(=O)NCCCCCS[C@@H]1OC[C@H](O)[C@H](O)C1NC(C)=O)C(=O)CCCCCC(C)CCCCCC(=O)N(CCCCCC(=O)NCCCCCS[C@@H]1OC[C@H](O)[C@H](O)C1NC(C)=O)CCCCCC(=O)NCCCCCS[C@@H]1OC(CO)[C@H](O)[C@H](O)C1NC(C)=O. The summed E-state index contributed by atoms with van der Waals surface area (Å²) in [6, 6.07) is -2.95. The molecular formula is C87H158N10O23S4. The van der Waals surface area contributed by atoms with Gasteiger partial charge in [0.25, 0.3) is 0 Å². The van der Waals surface area contributed by atoms with Gasteiger partial charge in [0.05, 0.1) is 50.6 Å². The summed E-state index contributed by atoms with van der Waals surface area (Å²) in [5, 5.41) is 115. The Kier molecular flexibility index (Phi) is 61.1. The molecule has 718 valence electrons. The van der Waals surface area contributed by atoms with Crippen LogP contribution in [-0.2, 0) is 66.9 Å². The topological polar surface area (TPSA) is 492 Å². The van der Waals surface area contributed by atoms with Crippen molar-refractivity contribution in [3.63, 3.8) is 0 Å². The molecule has 4 rings (SSSR count). The molecule has 0 aromatic carbocycles. The molecule has 17 N–H and O–H groups in total. The van der Waals surface area contributed by atoms with E-state index in [1.54, 1.807) is 0 Å². The number of carbonyl (C=O) groups excluding carboxylic acids is 10. The van der Waals surface area contributed by atoms with Crippen LogP contribution in [-0.4, -0.2) is 317 Å². The van der Waals surface area contributed by atoms with Crippen LogP contribution >= 0.6 is 47.0 Å². The fourth-order valence-electron chi connectivity index (χ4n) is 15.4. The molecule has 18 atom stereocenters. The maximum absolute atomic E-state index is 13.9. The number of unbranched alkanes of at least 4 members (excludes halogenated alkanes) is 20. The average molecular weight is 1840 g/mol. The normalized spacial score (nSPS) is 24.7. The zero-order valence-corrected chi connectivity index (χ0v) is 78.1. The molecule has 0 bridgehead atoms. The Morgan fingerprint density at radius 2 is 0.581 bits per heavy atom. The van der Waals surface area contributed by atoms with E-state index in [4.69, 9.17) is 18.9 Å². The van der Waals surface area contributed by atoms with Crippen LogP contribution in [0, 0.1) is 5.92 Å². The van der Waals surface area contributed by atoms with Gasteiger partial charge < -0.3 is 117 Å². The smallest absolute Gasteiger partial charge is 0.222 e. The van der Waals surface area contributed by atoms with Crippen molar-refractivity contribution in [2.75, 3.05) is 102 Å². The summed E-state index contributed by atoms with van der Waals surface area (Å²) < 4.78 is 22.9. The van der Waals surface area contributed by atoms with Gasteiger partial charge in [0.15, 0.2) is 0 Å². The summed E-state index contributed by atoms with van der Waals surface area (Å²) in [7, 11) is 0. The van der Waals surface area contributed by atoms with Gasteiger partial charge in [-0.05, 0) is 145 Å². The molecule has 4 saturated heterocycles. The third-order valence-corrected chi connectivity index (χ3v) is 27.8. The minimum absolute atomic E-state index is 0.00721. The van der Waals surface area contributed by atoms with E-state index in [2.05, 4.69) is 49.5 Å². The number of hydrogen-bond acceptors (Lipinski definition) is 27. The number of nitrogens with one attached hydrogen (secondary N) is 8. The Labute approximate surface area is 754 Å². The maximum atomic E-state index is 13.9. The number of rotatable bonds is 69. The van der Waals surface area contributed by atoms with Crippen LogP contribution in [0.5, 0.6) is 0 Å². The second-order valence-corrected chi connectivity index (χ2v) is 38.6. The summed E-state index contributed by atoms with van der Waals surface area (Å²) >= 11 is 5.85. The van der Waals surface area contributed by atoms with Crippen molar-refractivity contribution in [3.05, 3.63) is 0 Å². The van der Waals surface area contributed by atoms with Crippen LogP contribution in [0.15, 0.2) is 0 Å². The lowest BCUT2D eigenvalue weighted by Gasteiger charge is -2.42. The van der Waals surface area contributed by atoms with Crippen molar-refractivity contribution in [3.8, 4) is 0 Å². The first-order chi connectivity index (χ1) is 59.6. The van der Waals surface area contributed by atoms with E-state index in [-0.39, 0.29) is 78.9 Å². The van der Waals surface area contributed by atoms with E-state index < -0.39 is 107 Å². The van der Waals surface area contributed by atoms with Crippen molar-refractivity contribution >= 4 is 106 Å². The van der Waals surface area contributed by atoms with E-state index in [9.17, 15) is 93.9 Å². The highest BCUT2D eigenvalue weighted by Gasteiger charge is 2.46. The third kappa shape index (κ3) is 49.0. The molecule has 0 spiro atoms. The van der Waals surface area contributed by atoms with Crippen LogP contribution in [0.2, 0.25) is 0 Å². The second-order valence-electron chi connectivity index (χ2n) is 33.8. The first-order valence-electron chi connectivity index (χ1n) is 46.3. The molecule has 6 unspecified atom stereocenters. The molecule has 4 aliphatic heterocycles. The predicted octanol–water partition coefficient (Wildman–Crippen LogP) is 5.19. The Balaban J connectivity index is 1.16. The Bertz CT molecular complexity index is 2910. The first-order valence-corrected chi connectivity index (χ1v) is 50.5. The maximum Gasteiger partial charge on any atom is 0.222 e. The lowest BCUT2D eigenvalue weighted by Crippen LogP contribution is -2.63. The van der Waals surface area contributed by atoms with E-state index in [0.29, 0.717) is 128 Å². The molecule has 37 heteroatoms. The lowest BCUT2D eigenvalue weighted by molar-refractivity contribution is -0.173. The molecule has 0 radical (unpaired) electrons. The van der Waals surface area contributed by atoms with E-state index in [0.717, 1.165) is 197 Å². The zero-order valence-electron chi connectivity index (χ0n) is 74.8. The predicted molar refractivity (Wildman–Crippen MR) is 483 cm³/mol. The van der Waals surface area contributed by atoms with Gasteiger partial charge in [-0.3, -0.25) is 47.9 Å². The fraction of sp³-hybridized carbons (Fsp3) is 0.885. The highest BCUT2D eigenvalue weighted by atomic mass is 32.2. The van der Waals surface area contributed by atoms with Crippen LogP contribution in [0.4, 0.5) is 0 Å². The van der Waals surface area contributed by atoms with Gasteiger partial charge in [-0.2, -0.15) is 0 Å². The first kappa shape index (κ1) is 112. The Morgan fingerprint density at radius 3 is 0.863 bits per heavy atom. The number of ether oxygens (including phenoxy) is 4. The fourth-order valence-corrected chi connectivity index (χ4v) is 20.3. The molecule has 0 aromatic heterocycles.